The average molecular weight is 293 g/mol. The number of nitrogens with zero attached hydrogens (tertiary/aromatic N) is 2. The molecular weight excluding hydrogens is 276 g/mol. The van der Waals surface area contributed by atoms with Crippen molar-refractivity contribution >= 4 is 17.4 Å². The second-order valence-electron chi connectivity index (χ2n) is 4.81. The minimum atomic E-state index is -0.0176. The SMILES string of the molecule is CC(=O)c1cc(C)ccc1OCc1c(Cl)c(C)nn1C. The number of rotatable bonds is 4. The van der Waals surface area contributed by atoms with Gasteiger partial charge in [0.2, 0.25) is 0 Å². The van der Waals surface area contributed by atoms with E-state index in [0.29, 0.717) is 16.3 Å². The molecule has 0 spiro atoms. The average Bonchev–Trinajstić information content (AvgIpc) is 2.62. The zero-order valence-electron chi connectivity index (χ0n) is 12.0. The summed E-state index contributed by atoms with van der Waals surface area (Å²) in [4.78, 5) is 11.6. The number of benzene rings is 1. The molecule has 5 heteroatoms. The smallest absolute Gasteiger partial charge is 0.163 e. The van der Waals surface area contributed by atoms with E-state index in [2.05, 4.69) is 5.10 Å². The maximum atomic E-state index is 11.6. The highest BCUT2D eigenvalue weighted by atomic mass is 35.5. The third-order valence-electron chi connectivity index (χ3n) is 3.14. The van der Waals surface area contributed by atoms with E-state index in [1.165, 1.54) is 6.92 Å². The van der Waals surface area contributed by atoms with Crippen LogP contribution in [0.2, 0.25) is 5.02 Å². The predicted octanol–water partition coefficient (Wildman–Crippen LogP) is 3.47. The van der Waals surface area contributed by atoms with Gasteiger partial charge in [0.15, 0.2) is 5.78 Å². The summed E-state index contributed by atoms with van der Waals surface area (Å²) in [6, 6.07) is 5.55. The van der Waals surface area contributed by atoms with Gasteiger partial charge in [-0.1, -0.05) is 23.2 Å². The Balaban J connectivity index is 2.25. The van der Waals surface area contributed by atoms with Gasteiger partial charge in [-0.25, -0.2) is 0 Å². The van der Waals surface area contributed by atoms with E-state index in [4.69, 9.17) is 16.3 Å². The molecule has 0 N–H and O–H groups in total. The largest absolute Gasteiger partial charge is 0.486 e. The minimum absolute atomic E-state index is 0.0176. The first kappa shape index (κ1) is 14.6. The van der Waals surface area contributed by atoms with Crippen molar-refractivity contribution in [1.29, 1.82) is 0 Å². The molecule has 106 valence electrons. The first-order valence-electron chi connectivity index (χ1n) is 6.32. The fourth-order valence-electron chi connectivity index (χ4n) is 2.03. The quantitative estimate of drug-likeness (QED) is 0.811. The van der Waals surface area contributed by atoms with Gasteiger partial charge in [-0.3, -0.25) is 9.48 Å². The van der Waals surface area contributed by atoms with E-state index in [-0.39, 0.29) is 12.4 Å². The zero-order chi connectivity index (χ0) is 14.9. The number of hydrogen-bond acceptors (Lipinski definition) is 3. The van der Waals surface area contributed by atoms with E-state index < -0.39 is 0 Å². The number of ether oxygens (including phenoxy) is 1. The number of halogens is 1. The van der Waals surface area contributed by atoms with Crippen LogP contribution in [0.3, 0.4) is 0 Å². The van der Waals surface area contributed by atoms with Crippen molar-refractivity contribution in [2.75, 3.05) is 0 Å². The second-order valence-corrected chi connectivity index (χ2v) is 5.19. The summed E-state index contributed by atoms with van der Waals surface area (Å²) in [5.74, 6) is 0.550. The minimum Gasteiger partial charge on any atom is -0.486 e. The number of carbonyl (C=O) groups excluding carboxylic acids is 1. The lowest BCUT2D eigenvalue weighted by Crippen LogP contribution is -2.06. The Morgan fingerprint density at radius 1 is 1.40 bits per heavy atom. The Kier molecular flexibility index (Phi) is 4.14. The maximum absolute atomic E-state index is 11.6. The van der Waals surface area contributed by atoms with Crippen LogP contribution in [-0.2, 0) is 13.7 Å². The monoisotopic (exact) mass is 292 g/mol. The summed E-state index contributed by atoms with van der Waals surface area (Å²) < 4.78 is 7.44. The normalized spacial score (nSPS) is 10.7. The molecule has 0 fully saturated rings. The van der Waals surface area contributed by atoms with Crippen molar-refractivity contribution in [3.8, 4) is 5.75 Å². The summed E-state index contributed by atoms with van der Waals surface area (Å²) >= 11 is 6.18. The van der Waals surface area contributed by atoms with E-state index in [1.54, 1.807) is 4.68 Å². The Morgan fingerprint density at radius 2 is 2.10 bits per heavy atom. The Hall–Kier alpha value is -1.81. The molecule has 0 saturated heterocycles. The molecule has 1 heterocycles. The first-order chi connectivity index (χ1) is 9.40. The lowest BCUT2D eigenvalue weighted by Gasteiger charge is -2.11. The van der Waals surface area contributed by atoms with Gasteiger partial charge < -0.3 is 4.74 Å². The molecule has 0 aliphatic heterocycles. The van der Waals surface area contributed by atoms with Crippen LogP contribution < -0.4 is 4.74 Å². The molecule has 4 nitrogen and oxygen atoms in total. The summed E-state index contributed by atoms with van der Waals surface area (Å²) in [7, 11) is 1.82. The fraction of sp³-hybridized carbons (Fsp3) is 0.333. The third-order valence-corrected chi connectivity index (χ3v) is 3.63. The van der Waals surface area contributed by atoms with Gasteiger partial charge in [0.1, 0.15) is 12.4 Å². The molecule has 2 aromatic rings. The number of aryl methyl sites for hydroxylation is 3. The van der Waals surface area contributed by atoms with E-state index in [1.807, 2.05) is 39.1 Å². The number of hydrogen-bond donors (Lipinski definition) is 0. The molecule has 20 heavy (non-hydrogen) atoms. The van der Waals surface area contributed by atoms with Crippen molar-refractivity contribution < 1.29 is 9.53 Å². The lowest BCUT2D eigenvalue weighted by molar-refractivity contribution is 0.101. The van der Waals surface area contributed by atoms with Crippen LogP contribution in [0.1, 0.15) is 34.2 Å². The highest BCUT2D eigenvalue weighted by Crippen LogP contribution is 2.24. The molecule has 1 aromatic carbocycles. The molecule has 0 atom stereocenters. The van der Waals surface area contributed by atoms with Crippen LogP contribution in [-0.4, -0.2) is 15.6 Å². The topological polar surface area (TPSA) is 44.1 Å². The van der Waals surface area contributed by atoms with Crippen molar-refractivity contribution in [3.05, 3.63) is 45.7 Å². The number of Topliss-reactive ketones (excluding diaryl/α,β-unsaturated/α-hetero) is 1. The third kappa shape index (κ3) is 2.85. The molecule has 0 saturated carbocycles. The number of ketones is 1. The summed E-state index contributed by atoms with van der Waals surface area (Å²) in [6.45, 7) is 5.60. The van der Waals surface area contributed by atoms with Gasteiger partial charge in [-0.15, -0.1) is 0 Å². The van der Waals surface area contributed by atoms with Gasteiger partial charge in [0.25, 0.3) is 0 Å². The molecule has 1 aromatic heterocycles. The van der Waals surface area contributed by atoms with Crippen molar-refractivity contribution in [2.24, 2.45) is 7.05 Å². The van der Waals surface area contributed by atoms with Gasteiger partial charge in [0, 0.05) is 7.05 Å². The van der Waals surface area contributed by atoms with E-state index >= 15 is 0 Å². The van der Waals surface area contributed by atoms with E-state index in [0.717, 1.165) is 17.0 Å². The number of aromatic nitrogens is 2. The van der Waals surface area contributed by atoms with E-state index in [9.17, 15) is 4.79 Å². The Bertz CT molecular complexity index is 662. The standard InChI is InChI=1S/C15H17ClN2O2/c1-9-5-6-14(12(7-9)11(3)19)20-8-13-15(16)10(2)17-18(13)4/h5-7H,8H2,1-4H3. The fourth-order valence-corrected chi connectivity index (χ4v) is 2.24. The molecule has 2 rings (SSSR count). The van der Waals surface area contributed by atoms with Crippen LogP contribution in [0.4, 0.5) is 0 Å². The van der Waals surface area contributed by atoms with Crippen LogP contribution in [0.5, 0.6) is 5.75 Å². The van der Waals surface area contributed by atoms with Crippen LogP contribution >= 0.6 is 11.6 Å². The summed E-state index contributed by atoms with van der Waals surface area (Å²) in [5, 5.41) is 4.83. The second kappa shape index (κ2) is 5.67. The van der Waals surface area contributed by atoms with Crippen molar-refractivity contribution in [2.45, 2.75) is 27.4 Å². The Morgan fingerprint density at radius 3 is 2.65 bits per heavy atom. The Labute approximate surface area is 123 Å². The summed E-state index contributed by atoms with van der Waals surface area (Å²) in [5.41, 5.74) is 3.17. The van der Waals surface area contributed by atoms with Crippen LogP contribution in [0, 0.1) is 13.8 Å². The van der Waals surface area contributed by atoms with Gasteiger partial charge in [-0.2, -0.15) is 5.10 Å². The highest BCUT2D eigenvalue weighted by Gasteiger charge is 2.14. The van der Waals surface area contributed by atoms with Crippen molar-refractivity contribution in [1.82, 2.24) is 9.78 Å². The van der Waals surface area contributed by atoms with Gasteiger partial charge in [0.05, 0.1) is 22.0 Å². The molecular formula is C15H17ClN2O2. The molecule has 0 bridgehead atoms. The molecule has 0 amide bonds. The molecule has 0 aliphatic rings. The van der Waals surface area contributed by atoms with Crippen LogP contribution in [0.25, 0.3) is 0 Å². The van der Waals surface area contributed by atoms with Crippen molar-refractivity contribution in [3.63, 3.8) is 0 Å². The molecule has 0 unspecified atom stereocenters. The zero-order valence-corrected chi connectivity index (χ0v) is 12.8. The molecule has 0 aliphatic carbocycles. The number of carbonyl (C=O) groups is 1. The maximum Gasteiger partial charge on any atom is 0.163 e. The first-order valence-corrected chi connectivity index (χ1v) is 6.70. The highest BCUT2D eigenvalue weighted by molar-refractivity contribution is 6.31. The molecule has 0 radical (unpaired) electrons. The van der Waals surface area contributed by atoms with Gasteiger partial charge in [-0.05, 0) is 32.9 Å². The lowest BCUT2D eigenvalue weighted by atomic mass is 10.1. The van der Waals surface area contributed by atoms with Crippen LogP contribution in [0.15, 0.2) is 18.2 Å². The summed E-state index contributed by atoms with van der Waals surface area (Å²) in [6.07, 6.45) is 0. The van der Waals surface area contributed by atoms with Gasteiger partial charge >= 0.3 is 0 Å². The predicted molar refractivity (Wildman–Crippen MR) is 78.5 cm³/mol.